The molecule has 0 unspecified atom stereocenters. The molecule has 0 radical (unpaired) electrons. The molecule has 0 saturated carbocycles. The number of carbonyl (C=O) groups excluding carboxylic acids is 2. The standard InChI is InChI=1S/C19H21N3O2S/c1-12(2)17(23)20-15-8-5-9-16(11-15)21-19(25)22-18(24)14-7-4-6-13(3)10-14/h4-12H,1-3H3,(H,20,23)(H2,21,22,24,25). The largest absolute Gasteiger partial charge is 0.332 e. The molecular formula is C19H21N3O2S. The summed E-state index contributed by atoms with van der Waals surface area (Å²) in [5, 5.41) is 8.60. The third-order valence-corrected chi connectivity index (χ3v) is 3.62. The zero-order chi connectivity index (χ0) is 18.4. The Morgan fingerprint density at radius 2 is 1.60 bits per heavy atom. The zero-order valence-corrected chi connectivity index (χ0v) is 15.2. The number of rotatable bonds is 4. The van der Waals surface area contributed by atoms with Gasteiger partial charge < -0.3 is 10.6 Å². The second kappa shape index (κ2) is 8.39. The Kier molecular flexibility index (Phi) is 6.25. The molecule has 0 spiro atoms. The monoisotopic (exact) mass is 355 g/mol. The maximum atomic E-state index is 12.2. The van der Waals surface area contributed by atoms with E-state index in [0.717, 1.165) is 5.56 Å². The van der Waals surface area contributed by atoms with E-state index in [9.17, 15) is 9.59 Å². The summed E-state index contributed by atoms with van der Waals surface area (Å²) in [5.41, 5.74) is 2.88. The fourth-order valence-electron chi connectivity index (χ4n) is 2.09. The highest BCUT2D eigenvalue weighted by molar-refractivity contribution is 7.80. The van der Waals surface area contributed by atoms with Gasteiger partial charge in [0.15, 0.2) is 5.11 Å². The molecule has 0 heterocycles. The number of anilines is 2. The van der Waals surface area contributed by atoms with Crippen LogP contribution in [0, 0.1) is 12.8 Å². The summed E-state index contributed by atoms with van der Waals surface area (Å²) in [6.45, 7) is 5.57. The summed E-state index contributed by atoms with van der Waals surface area (Å²) in [4.78, 5) is 24.0. The Morgan fingerprint density at radius 1 is 0.960 bits per heavy atom. The van der Waals surface area contributed by atoms with Gasteiger partial charge >= 0.3 is 0 Å². The molecule has 0 atom stereocenters. The van der Waals surface area contributed by atoms with Crippen molar-refractivity contribution in [1.82, 2.24) is 5.32 Å². The van der Waals surface area contributed by atoms with E-state index in [-0.39, 0.29) is 22.8 Å². The first kappa shape index (κ1) is 18.6. The minimum Gasteiger partial charge on any atom is -0.332 e. The normalized spacial score (nSPS) is 10.2. The fourth-order valence-corrected chi connectivity index (χ4v) is 2.30. The number of thiocarbonyl (C=S) groups is 1. The summed E-state index contributed by atoms with van der Waals surface area (Å²) >= 11 is 5.19. The van der Waals surface area contributed by atoms with E-state index in [0.29, 0.717) is 16.9 Å². The molecule has 0 fully saturated rings. The lowest BCUT2D eigenvalue weighted by molar-refractivity contribution is -0.118. The van der Waals surface area contributed by atoms with Crippen molar-refractivity contribution in [2.24, 2.45) is 5.92 Å². The number of carbonyl (C=O) groups is 2. The molecule has 130 valence electrons. The minimum absolute atomic E-state index is 0.0625. The third-order valence-electron chi connectivity index (χ3n) is 3.42. The lowest BCUT2D eigenvalue weighted by Gasteiger charge is -2.12. The van der Waals surface area contributed by atoms with Crippen molar-refractivity contribution < 1.29 is 9.59 Å². The molecule has 0 aliphatic carbocycles. The SMILES string of the molecule is Cc1cccc(C(=O)NC(=S)Nc2cccc(NC(=O)C(C)C)c2)c1. The van der Waals surface area contributed by atoms with Gasteiger partial charge in [-0.1, -0.05) is 37.6 Å². The predicted octanol–water partition coefficient (Wildman–Crippen LogP) is 3.72. The van der Waals surface area contributed by atoms with Crippen LogP contribution in [0.2, 0.25) is 0 Å². The summed E-state index contributed by atoms with van der Waals surface area (Å²) in [6, 6.07) is 14.4. The number of benzene rings is 2. The van der Waals surface area contributed by atoms with Gasteiger partial charge in [-0.05, 0) is 49.5 Å². The Balaban J connectivity index is 1.98. The van der Waals surface area contributed by atoms with Gasteiger partial charge in [0.2, 0.25) is 5.91 Å². The minimum atomic E-state index is -0.273. The Morgan fingerprint density at radius 3 is 2.24 bits per heavy atom. The average Bonchev–Trinajstić information content (AvgIpc) is 2.54. The van der Waals surface area contributed by atoms with Crippen LogP contribution in [-0.4, -0.2) is 16.9 Å². The van der Waals surface area contributed by atoms with E-state index >= 15 is 0 Å². The first-order valence-electron chi connectivity index (χ1n) is 7.95. The summed E-state index contributed by atoms with van der Waals surface area (Å²) in [6.07, 6.45) is 0. The van der Waals surface area contributed by atoms with Crippen LogP contribution >= 0.6 is 12.2 Å². The molecule has 2 aromatic carbocycles. The van der Waals surface area contributed by atoms with Crippen LogP contribution in [-0.2, 0) is 4.79 Å². The Labute approximate surface area is 152 Å². The molecule has 2 aromatic rings. The van der Waals surface area contributed by atoms with Crippen LogP contribution in [0.25, 0.3) is 0 Å². The number of amides is 2. The quantitative estimate of drug-likeness (QED) is 0.731. The number of aryl methyl sites for hydroxylation is 1. The lowest BCUT2D eigenvalue weighted by Crippen LogP contribution is -2.34. The van der Waals surface area contributed by atoms with Crippen LogP contribution in [0.3, 0.4) is 0 Å². The van der Waals surface area contributed by atoms with E-state index in [1.165, 1.54) is 0 Å². The maximum Gasteiger partial charge on any atom is 0.257 e. The molecule has 2 rings (SSSR count). The van der Waals surface area contributed by atoms with Crippen LogP contribution in [0.4, 0.5) is 11.4 Å². The molecule has 0 aliphatic rings. The molecule has 0 bridgehead atoms. The average molecular weight is 355 g/mol. The molecule has 5 nitrogen and oxygen atoms in total. The van der Waals surface area contributed by atoms with Gasteiger partial charge in [0, 0.05) is 22.9 Å². The molecule has 3 N–H and O–H groups in total. The first-order valence-corrected chi connectivity index (χ1v) is 8.36. The number of nitrogens with one attached hydrogen (secondary N) is 3. The Hall–Kier alpha value is -2.73. The summed E-state index contributed by atoms with van der Waals surface area (Å²) < 4.78 is 0. The second-order valence-electron chi connectivity index (χ2n) is 6.00. The van der Waals surface area contributed by atoms with Crippen molar-refractivity contribution >= 4 is 40.5 Å². The molecule has 0 aliphatic heterocycles. The molecular weight excluding hydrogens is 334 g/mol. The van der Waals surface area contributed by atoms with Gasteiger partial charge in [-0.25, -0.2) is 0 Å². The number of hydrogen-bond acceptors (Lipinski definition) is 3. The van der Waals surface area contributed by atoms with Crippen molar-refractivity contribution in [1.29, 1.82) is 0 Å². The van der Waals surface area contributed by atoms with Gasteiger partial charge in [-0.2, -0.15) is 0 Å². The summed E-state index contributed by atoms with van der Waals surface area (Å²) in [5.74, 6) is -0.441. The van der Waals surface area contributed by atoms with E-state index < -0.39 is 0 Å². The molecule has 25 heavy (non-hydrogen) atoms. The van der Waals surface area contributed by atoms with Gasteiger partial charge in [-0.15, -0.1) is 0 Å². The van der Waals surface area contributed by atoms with E-state index in [1.54, 1.807) is 36.4 Å². The fraction of sp³-hybridized carbons (Fsp3) is 0.211. The lowest BCUT2D eigenvalue weighted by atomic mass is 10.1. The first-order chi connectivity index (χ1) is 11.8. The van der Waals surface area contributed by atoms with E-state index in [1.807, 2.05) is 32.9 Å². The van der Waals surface area contributed by atoms with Crippen molar-refractivity contribution in [3.05, 3.63) is 59.7 Å². The van der Waals surface area contributed by atoms with Gasteiger partial charge in [0.1, 0.15) is 0 Å². The van der Waals surface area contributed by atoms with Crippen molar-refractivity contribution in [3.8, 4) is 0 Å². The van der Waals surface area contributed by atoms with Crippen LogP contribution in [0.1, 0.15) is 29.8 Å². The van der Waals surface area contributed by atoms with Crippen molar-refractivity contribution in [2.75, 3.05) is 10.6 Å². The Bertz CT molecular complexity index is 803. The molecule has 2 amide bonds. The highest BCUT2D eigenvalue weighted by Gasteiger charge is 2.09. The molecule has 0 saturated heterocycles. The van der Waals surface area contributed by atoms with Gasteiger partial charge in [-0.3, -0.25) is 14.9 Å². The predicted molar refractivity (Wildman–Crippen MR) is 105 cm³/mol. The van der Waals surface area contributed by atoms with Crippen molar-refractivity contribution in [2.45, 2.75) is 20.8 Å². The van der Waals surface area contributed by atoms with Crippen molar-refractivity contribution in [3.63, 3.8) is 0 Å². The van der Waals surface area contributed by atoms with E-state index in [2.05, 4.69) is 16.0 Å². The molecule has 0 aromatic heterocycles. The van der Waals surface area contributed by atoms with E-state index in [4.69, 9.17) is 12.2 Å². The molecule has 6 heteroatoms. The third kappa shape index (κ3) is 5.69. The van der Waals surface area contributed by atoms with Gasteiger partial charge in [0.05, 0.1) is 0 Å². The van der Waals surface area contributed by atoms with Crippen LogP contribution in [0.15, 0.2) is 48.5 Å². The highest BCUT2D eigenvalue weighted by atomic mass is 32.1. The summed E-state index contributed by atoms with van der Waals surface area (Å²) in [7, 11) is 0. The maximum absolute atomic E-state index is 12.2. The zero-order valence-electron chi connectivity index (χ0n) is 14.4. The number of hydrogen-bond donors (Lipinski definition) is 3. The smallest absolute Gasteiger partial charge is 0.257 e. The van der Waals surface area contributed by atoms with Crippen LogP contribution < -0.4 is 16.0 Å². The van der Waals surface area contributed by atoms with Gasteiger partial charge in [0.25, 0.3) is 5.91 Å². The topological polar surface area (TPSA) is 70.2 Å². The van der Waals surface area contributed by atoms with Crippen LogP contribution in [0.5, 0.6) is 0 Å². The highest BCUT2D eigenvalue weighted by Crippen LogP contribution is 2.16. The second-order valence-corrected chi connectivity index (χ2v) is 6.41.